The van der Waals surface area contributed by atoms with Gasteiger partial charge in [0.05, 0.1) is 0 Å². The van der Waals surface area contributed by atoms with Crippen molar-refractivity contribution in [2.24, 2.45) is 5.73 Å². The maximum atomic E-state index is 5.99. The summed E-state index contributed by atoms with van der Waals surface area (Å²) in [5.41, 5.74) is 5.99. The molecule has 0 saturated carbocycles. The van der Waals surface area contributed by atoms with E-state index in [4.69, 9.17) is 5.73 Å². The van der Waals surface area contributed by atoms with Crippen LogP contribution in [0.3, 0.4) is 0 Å². The van der Waals surface area contributed by atoms with Crippen LogP contribution in [-0.2, 0) is 0 Å². The van der Waals surface area contributed by atoms with Gasteiger partial charge in [0.2, 0.25) is 0 Å². The van der Waals surface area contributed by atoms with Crippen LogP contribution in [0.2, 0.25) is 0 Å². The van der Waals surface area contributed by atoms with Gasteiger partial charge in [-0.3, -0.25) is 4.90 Å². The lowest BCUT2D eigenvalue weighted by Crippen LogP contribution is -2.55. The quantitative estimate of drug-likeness (QED) is 0.794. The van der Waals surface area contributed by atoms with Gasteiger partial charge in [0.1, 0.15) is 0 Å². The van der Waals surface area contributed by atoms with Crippen molar-refractivity contribution in [2.45, 2.75) is 64.2 Å². The molecule has 0 aromatic heterocycles. The summed E-state index contributed by atoms with van der Waals surface area (Å²) < 4.78 is 0. The van der Waals surface area contributed by atoms with Gasteiger partial charge in [0, 0.05) is 43.8 Å². The fraction of sp³-hybridized carbons (Fsp3) is 1.00. The number of nitrogens with zero attached hydrogens (tertiary/aromatic N) is 2. The zero-order chi connectivity index (χ0) is 13.8. The second-order valence-corrected chi connectivity index (χ2v) is 6.70. The molecular formula is C15H32N4. The zero-order valence-electron chi connectivity index (χ0n) is 12.9. The van der Waals surface area contributed by atoms with E-state index in [0.717, 1.165) is 6.54 Å². The number of hydrogen-bond donors (Lipinski definition) is 2. The summed E-state index contributed by atoms with van der Waals surface area (Å²) in [6, 6.07) is 2.44. The third kappa shape index (κ3) is 4.42. The first-order chi connectivity index (χ1) is 9.06. The third-order valence-corrected chi connectivity index (χ3v) is 4.84. The number of likely N-dealkylation sites (tertiary alicyclic amines) is 1. The molecule has 2 aliphatic rings. The normalized spacial score (nSPS) is 29.8. The van der Waals surface area contributed by atoms with Crippen molar-refractivity contribution in [1.29, 1.82) is 0 Å². The van der Waals surface area contributed by atoms with Crippen LogP contribution < -0.4 is 11.1 Å². The van der Waals surface area contributed by atoms with Crippen molar-refractivity contribution in [3.05, 3.63) is 0 Å². The first-order valence-corrected chi connectivity index (χ1v) is 8.03. The monoisotopic (exact) mass is 268 g/mol. The van der Waals surface area contributed by atoms with E-state index >= 15 is 0 Å². The summed E-state index contributed by atoms with van der Waals surface area (Å²) in [6.45, 7) is 12.9. The molecule has 2 unspecified atom stereocenters. The van der Waals surface area contributed by atoms with Crippen molar-refractivity contribution in [1.82, 2.24) is 15.1 Å². The Balaban J connectivity index is 1.76. The molecule has 19 heavy (non-hydrogen) atoms. The Kier molecular flexibility index (Phi) is 5.63. The highest BCUT2D eigenvalue weighted by atomic mass is 15.2. The minimum Gasteiger partial charge on any atom is -0.328 e. The molecule has 2 heterocycles. The molecule has 2 saturated heterocycles. The molecule has 2 atom stereocenters. The Labute approximate surface area is 118 Å². The van der Waals surface area contributed by atoms with Crippen molar-refractivity contribution in [2.75, 3.05) is 32.7 Å². The molecule has 2 fully saturated rings. The number of nitrogens with two attached hydrogens (primary N) is 1. The van der Waals surface area contributed by atoms with Crippen molar-refractivity contribution >= 4 is 0 Å². The van der Waals surface area contributed by atoms with E-state index in [2.05, 4.69) is 35.9 Å². The second kappa shape index (κ2) is 7.02. The molecule has 0 aromatic carbocycles. The van der Waals surface area contributed by atoms with Gasteiger partial charge in [-0.25, -0.2) is 0 Å². The van der Waals surface area contributed by atoms with Crippen LogP contribution in [0.15, 0.2) is 0 Å². The Hall–Kier alpha value is -0.160. The maximum absolute atomic E-state index is 5.99. The molecule has 4 nitrogen and oxygen atoms in total. The molecule has 4 heteroatoms. The topological polar surface area (TPSA) is 44.5 Å². The van der Waals surface area contributed by atoms with E-state index < -0.39 is 0 Å². The number of rotatable bonds is 4. The van der Waals surface area contributed by atoms with Gasteiger partial charge in [0.15, 0.2) is 0 Å². The lowest BCUT2D eigenvalue weighted by atomic mass is 10.00. The standard InChI is InChI=1S/C15H32N4/c1-12(2)19-9-6-17-15(11-19)10-13(3)18-7-4-14(16)5-8-18/h12-15,17H,4-11,16H2,1-3H3. The van der Waals surface area contributed by atoms with Crippen LogP contribution in [0.4, 0.5) is 0 Å². The molecule has 0 spiro atoms. The van der Waals surface area contributed by atoms with E-state index in [1.807, 2.05) is 0 Å². The van der Waals surface area contributed by atoms with Gasteiger partial charge >= 0.3 is 0 Å². The van der Waals surface area contributed by atoms with Gasteiger partial charge in [-0.1, -0.05) is 0 Å². The number of piperidine rings is 1. The molecule has 112 valence electrons. The van der Waals surface area contributed by atoms with Crippen molar-refractivity contribution in [3.8, 4) is 0 Å². The first kappa shape index (κ1) is 15.2. The zero-order valence-corrected chi connectivity index (χ0v) is 12.9. The summed E-state index contributed by atoms with van der Waals surface area (Å²) in [6.07, 6.45) is 3.60. The lowest BCUT2D eigenvalue weighted by Gasteiger charge is -2.40. The van der Waals surface area contributed by atoms with Crippen LogP contribution in [0, 0.1) is 0 Å². The van der Waals surface area contributed by atoms with Crippen LogP contribution in [0.5, 0.6) is 0 Å². The first-order valence-electron chi connectivity index (χ1n) is 8.03. The van der Waals surface area contributed by atoms with E-state index in [0.29, 0.717) is 24.2 Å². The predicted octanol–water partition coefficient (Wildman–Crippen LogP) is 0.870. The fourth-order valence-corrected chi connectivity index (χ4v) is 3.40. The highest BCUT2D eigenvalue weighted by Gasteiger charge is 2.26. The summed E-state index contributed by atoms with van der Waals surface area (Å²) in [5, 5.41) is 3.69. The third-order valence-electron chi connectivity index (χ3n) is 4.84. The van der Waals surface area contributed by atoms with Gasteiger partial charge in [-0.2, -0.15) is 0 Å². The molecule has 2 aliphatic heterocycles. The average Bonchev–Trinajstić information content (AvgIpc) is 2.39. The van der Waals surface area contributed by atoms with Crippen LogP contribution >= 0.6 is 0 Å². The van der Waals surface area contributed by atoms with Crippen molar-refractivity contribution in [3.63, 3.8) is 0 Å². The summed E-state index contributed by atoms with van der Waals surface area (Å²) in [5.74, 6) is 0. The SMILES string of the molecule is CC(C)N1CCNC(CC(C)N2CCC(N)CC2)C1. The Morgan fingerprint density at radius 2 is 1.79 bits per heavy atom. The van der Waals surface area contributed by atoms with Gasteiger partial charge in [0.25, 0.3) is 0 Å². The molecule has 0 radical (unpaired) electrons. The molecular weight excluding hydrogens is 236 g/mol. The minimum atomic E-state index is 0.438. The highest BCUT2D eigenvalue weighted by Crippen LogP contribution is 2.16. The van der Waals surface area contributed by atoms with Crippen LogP contribution in [-0.4, -0.2) is 66.7 Å². The van der Waals surface area contributed by atoms with Crippen molar-refractivity contribution < 1.29 is 0 Å². The van der Waals surface area contributed by atoms with Gasteiger partial charge < -0.3 is 16.0 Å². The second-order valence-electron chi connectivity index (χ2n) is 6.70. The van der Waals surface area contributed by atoms with Gasteiger partial charge in [-0.15, -0.1) is 0 Å². The van der Waals surface area contributed by atoms with E-state index in [1.54, 1.807) is 0 Å². The maximum Gasteiger partial charge on any atom is 0.0210 e. The summed E-state index contributed by atoms with van der Waals surface area (Å²) in [4.78, 5) is 5.22. The van der Waals surface area contributed by atoms with E-state index in [-0.39, 0.29) is 0 Å². The van der Waals surface area contributed by atoms with E-state index in [9.17, 15) is 0 Å². The lowest BCUT2D eigenvalue weighted by molar-refractivity contribution is 0.114. The highest BCUT2D eigenvalue weighted by molar-refractivity contribution is 4.85. The van der Waals surface area contributed by atoms with E-state index in [1.165, 1.54) is 45.4 Å². The summed E-state index contributed by atoms with van der Waals surface area (Å²) >= 11 is 0. The molecule has 3 N–H and O–H groups in total. The Morgan fingerprint density at radius 3 is 2.42 bits per heavy atom. The minimum absolute atomic E-state index is 0.438. The Morgan fingerprint density at radius 1 is 1.11 bits per heavy atom. The molecule has 0 aromatic rings. The number of hydrogen-bond acceptors (Lipinski definition) is 4. The molecule has 0 bridgehead atoms. The molecule has 0 aliphatic carbocycles. The van der Waals surface area contributed by atoms with Gasteiger partial charge in [-0.05, 0) is 53.1 Å². The molecule has 2 rings (SSSR count). The fourth-order valence-electron chi connectivity index (χ4n) is 3.40. The average molecular weight is 268 g/mol. The van der Waals surface area contributed by atoms with Crippen LogP contribution in [0.1, 0.15) is 40.0 Å². The number of nitrogens with one attached hydrogen (secondary N) is 1. The molecule has 0 amide bonds. The van der Waals surface area contributed by atoms with Crippen LogP contribution in [0.25, 0.3) is 0 Å². The smallest absolute Gasteiger partial charge is 0.0210 e. The largest absolute Gasteiger partial charge is 0.328 e. The summed E-state index contributed by atoms with van der Waals surface area (Å²) in [7, 11) is 0. The number of piperazine rings is 1. The predicted molar refractivity (Wildman–Crippen MR) is 81.4 cm³/mol. The Bertz CT molecular complexity index is 261.